The molecule has 0 amide bonds. The van der Waals surface area contributed by atoms with E-state index in [0.29, 0.717) is 0 Å². The van der Waals surface area contributed by atoms with Gasteiger partial charge >= 0.3 is 5.97 Å². The third-order valence-corrected chi connectivity index (χ3v) is 4.83. The first kappa shape index (κ1) is 18.6. The van der Waals surface area contributed by atoms with Gasteiger partial charge in [-0.2, -0.15) is 8.42 Å². The molecule has 2 aromatic heterocycles. The number of aryl methyl sites for hydroxylation is 1. The van der Waals surface area contributed by atoms with Gasteiger partial charge in [0, 0.05) is 13.1 Å². The number of ether oxygens (including phenoxy) is 1. The first-order chi connectivity index (χ1) is 12.6. The summed E-state index contributed by atoms with van der Waals surface area (Å²) in [4.78, 5) is 36.8. The van der Waals surface area contributed by atoms with Crippen molar-refractivity contribution in [1.82, 2.24) is 14.3 Å². The van der Waals surface area contributed by atoms with Gasteiger partial charge in [0.2, 0.25) is 0 Å². The Balaban J connectivity index is 2.28. The maximum Gasteiger partial charge on any atom is 0.339 e. The van der Waals surface area contributed by atoms with Crippen LogP contribution in [0.15, 0.2) is 44.8 Å². The maximum atomic E-state index is 12.8. The lowest BCUT2D eigenvalue weighted by Gasteiger charge is -2.04. The molecular formula is C16H15N3O7S. The molecule has 0 aliphatic heterocycles. The standard InChI is InChI=1S/C16H15N3O7S/c1-3-26-16(22)11-8-12(20)18(2)14-13(11)15(21)19(17-14)9-4-6-10(7-5-9)27(23,24)25/h4-8,17H,3H2,1-2H3,(H,23,24,25). The summed E-state index contributed by atoms with van der Waals surface area (Å²) in [6.45, 7) is 1.67. The van der Waals surface area contributed by atoms with E-state index in [2.05, 4.69) is 5.10 Å². The Kier molecular flexibility index (Phi) is 4.49. The van der Waals surface area contributed by atoms with E-state index in [1.165, 1.54) is 23.7 Å². The zero-order valence-electron chi connectivity index (χ0n) is 14.3. The molecule has 10 nitrogen and oxygen atoms in total. The van der Waals surface area contributed by atoms with Crippen LogP contribution in [0, 0.1) is 0 Å². The molecule has 2 N–H and O–H groups in total. The fraction of sp³-hybridized carbons (Fsp3) is 0.188. The van der Waals surface area contributed by atoms with Gasteiger partial charge in [0.15, 0.2) is 0 Å². The Morgan fingerprint density at radius 1 is 1.22 bits per heavy atom. The average Bonchev–Trinajstić information content (AvgIpc) is 2.95. The van der Waals surface area contributed by atoms with Crippen LogP contribution in [0.4, 0.5) is 0 Å². The smallest absolute Gasteiger partial charge is 0.339 e. The van der Waals surface area contributed by atoms with Gasteiger partial charge in [-0.05, 0) is 31.2 Å². The van der Waals surface area contributed by atoms with Crippen molar-refractivity contribution in [3.63, 3.8) is 0 Å². The molecule has 0 atom stereocenters. The molecule has 11 heteroatoms. The Labute approximate surface area is 152 Å². The van der Waals surface area contributed by atoms with E-state index in [9.17, 15) is 22.8 Å². The van der Waals surface area contributed by atoms with Gasteiger partial charge in [0.25, 0.3) is 21.2 Å². The Morgan fingerprint density at radius 2 is 1.85 bits per heavy atom. The van der Waals surface area contributed by atoms with Crippen LogP contribution >= 0.6 is 0 Å². The fourth-order valence-corrected chi connectivity index (χ4v) is 3.11. The maximum absolute atomic E-state index is 12.8. The van der Waals surface area contributed by atoms with Crippen LogP contribution in [0.2, 0.25) is 0 Å². The van der Waals surface area contributed by atoms with Gasteiger partial charge in [-0.15, -0.1) is 0 Å². The highest BCUT2D eigenvalue weighted by molar-refractivity contribution is 7.85. The van der Waals surface area contributed by atoms with Gasteiger partial charge in [0.05, 0.1) is 28.1 Å². The van der Waals surface area contributed by atoms with Crippen LogP contribution in [-0.2, 0) is 21.9 Å². The minimum absolute atomic E-state index is 0.0330. The quantitative estimate of drug-likeness (QED) is 0.484. The highest BCUT2D eigenvalue weighted by Gasteiger charge is 2.21. The summed E-state index contributed by atoms with van der Waals surface area (Å²) < 4.78 is 38.5. The molecule has 142 valence electrons. The lowest BCUT2D eigenvalue weighted by atomic mass is 10.2. The number of H-pyrrole nitrogens is 1. The number of nitrogens with one attached hydrogen (secondary N) is 1. The molecule has 0 saturated heterocycles. The molecule has 0 fully saturated rings. The Hall–Kier alpha value is -3.18. The highest BCUT2D eigenvalue weighted by atomic mass is 32.2. The summed E-state index contributed by atoms with van der Waals surface area (Å²) in [6, 6.07) is 5.85. The van der Waals surface area contributed by atoms with Crippen LogP contribution in [-0.4, -0.2) is 39.9 Å². The number of esters is 1. The van der Waals surface area contributed by atoms with E-state index in [0.717, 1.165) is 22.9 Å². The first-order valence-electron chi connectivity index (χ1n) is 7.75. The molecule has 1 aromatic carbocycles. The SMILES string of the molecule is CCOC(=O)c1cc(=O)n(C)c2[nH]n(-c3ccc(S(=O)(=O)O)cc3)c(=O)c12. The minimum Gasteiger partial charge on any atom is -0.462 e. The topological polar surface area (TPSA) is 140 Å². The molecule has 2 heterocycles. The number of benzene rings is 1. The van der Waals surface area contributed by atoms with Crippen molar-refractivity contribution in [2.45, 2.75) is 11.8 Å². The number of nitrogens with zero attached hydrogens (tertiary/aromatic N) is 2. The number of carbonyl (C=O) groups is 1. The molecule has 0 aliphatic rings. The first-order valence-corrected chi connectivity index (χ1v) is 9.19. The molecule has 0 bridgehead atoms. The molecular weight excluding hydrogens is 378 g/mol. The summed E-state index contributed by atoms with van der Waals surface area (Å²) in [5.74, 6) is -0.801. The van der Waals surface area contributed by atoms with Gasteiger partial charge in [-0.1, -0.05) is 0 Å². The number of hydrogen-bond donors (Lipinski definition) is 2. The minimum atomic E-state index is -4.38. The lowest BCUT2D eigenvalue weighted by molar-refractivity contribution is 0.0528. The number of aromatic amines is 1. The van der Waals surface area contributed by atoms with Crippen molar-refractivity contribution in [2.75, 3.05) is 6.61 Å². The molecule has 3 aromatic rings. The molecule has 0 aliphatic carbocycles. The van der Waals surface area contributed by atoms with Crippen LogP contribution in [0.3, 0.4) is 0 Å². The van der Waals surface area contributed by atoms with E-state index in [4.69, 9.17) is 9.29 Å². The predicted molar refractivity (Wildman–Crippen MR) is 94.9 cm³/mol. The third kappa shape index (κ3) is 3.17. The fourth-order valence-electron chi connectivity index (χ4n) is 2.63. The lowest BCUT2D eigenvalue weighted by Crippen LogP contribution is -2.21. The summed E-state index contributed by atoms with van der Waals surface area (Å²) in [5, 5.41) is 2.70. The Bertz CT molecular complexity index is 1260. The number of fused-ring (bicyclic) bond motifs is 1. The number of pyridine rings is 1. The molecule has 0 unspecified atom stereocenters. The van der Waals surface area contributed by atoms with Crippen molar-refractivity contribution in [3.05, 3.63) is 56.6 Å². The predicted octanol–water partition coefficient (Wildman–Crippen LogP) is 0.441. The normalized spacial score (nSPS) is 11.7. The second-order valence-electron chi connectivity index (χ2n) is 5.62. The van der Waals surface area contributed by atoms with Crippen LogP contribution < -0.4 is 11.1 Å². The molecule has 3 rings (SSSR count). The van der Waals surface area contributed by atoms with Gasteiger partial charge < -0.3 is 4.74 Å². The van der Waals surface area contributed by atoms with E-state index in [1.54, 1.807) is 6.92 Å². The van der Waals surface area contributed by atoms with Crippen LogP contribution in [0.1, 0.15) is 17.3 Å². The monoisotopic (exact) mass is 393 g/mol. The van der Waals surface area contributed by atoms with Gasteiger partial charge in [0.1, 0.15) is 5.65 Å². The van der Waals surface area contributed by atoms with E-state index in [-0.39, 0.29) is 33.8 Å². The average molecular weight is 393 g/mol. The largest absolute Gasteiger partial charge is 0.462 e. The summed E-state index contributed by atoms with van der Waals surface area (Å²) in [6.07, 6.45) is 0. The third-order valence-electron chi connectivity index (χ3n) is 3.96. The van der Waals surface area contributed by atoms with E-state index < -0.39 is 27.2 Å². The van der Waals surface area contributed by atoms with Gasteiger partial charge in [-0.3, -0.25) is 23.8 Å². The summed E-state index contributed by atoms with van der Waals surface area (Å²) in [7, 11) is -2.95. The summed E-state index contributed by atoms with van der Waals surface area (Å²) >= 11 is 0. The van der Waals surface area contributed by atoms with Crippen molar-refractivity contribution in [3.8, 4) is 5.69 Å². The van der Waals surface area contributed by atoms with Crippen molar-refractivity contribution in [2.24, 2.45) is 7.05 Å². The zero-order valence-corrected chi connectivity index (χ0v) is 15.1. The van der Waals surface area contributed by atoms with Crippen molar-refractivity contribution < 1.29 is 22.5 Å². The van der Waals surface area contributed by atoms with Crippen LogP contribution in [0.25, 0.3) is 16.7 Å². The second-order valence-corrected chi connectivity index (χ2v) is 7.04. The second kappa shape index (κ2) is 6.52. The Morgan fingerprint density at radius 3 is 2.41 bits per heavy atom. The number of carbonyl (C=O) groups excluding carboxylic acids is 1. The van der Waals surface area contributed by atoms with Gasteiger partial charge in [-0.25, -0.2) is 9.48 Å². The zero-order chi connectivity index (χ0) is 19.9. The molecule has 0 saturated carbocycles. The van der Waals surface area contributed by atoms with E-state index in [1.807, 2.05) is 0 Å². The highest BCUT2D eigenvalue weighted by Crippen LogP contribution is 2.16. The van der Waals surface area contributed by atoms with E-state index >= 15 is 0 Å². The number of hydrogen-bond acceptors (Lipinski definition) is 6. The molecule has 0 radical (unpaired) electrons. The van der Waals surface area contributed by atoms with Crippen LogP contribution in [0.5, 0.6) is 0 Å². The molecule has 27 heavy (non-hydrogen) atoms. The number of aromatic nitrogens is 3. The number of rotatable bonds is 4. The molecule has 0 spiro atoms. The van der Waals surface area contributed by atoms with Crippen molar-refractivity contribution >= 4 is 27.1 Å². The summed E-state index contributed by atoms with van der Waals surface area (Å²) in [5.41, 5.74) is -0.950. The van der Waals surface area contributed by atoms with Crippen molar-refractivity contribution in [1.29, 1.82) is 0 Å².